The molecule has 0 saturated carbocycles. The molecule has 0 fully saturated rings. The van der Waals surface area contributed by atoms with Crippen LogP contribution in [-0.4, -0.2) is 9.97 Å². The van der Waals surface area contributed by atoms with Crippen LogP contribution in [0.15, 0.2) is 72.9 Å². The molecule has 0 unspecified atom stereocenters. The number of aromatic nitrogens is 2. The van der Waals surface area contributed by atoms with Gasteiger partial charge in [0.2, 0.25) is 0 Å². The minimum absolute atomic E-state index is 0.955. The van der Waals surface area contributed by atoms with E-state index < -0.39 is 0 Å². The van der Waals surface area contributed by atoms with E-state index in [4.69, 9.17) is 4.98 Å². The van der Waals surface area contributed by atoms with E-state index in [1.165, 1.54) is 20.9 Å². The fourth-order valence-corrected chi connectivity index (χ4v) is 4.33. The lowest BCUT2D eigenvalue weighted by atomic mass is 10.0. The third-order valence-electron chi connectivity index (χ3n) is 4.71. The molecule has 2 nitrogen and oxygen atoms in total. The molecule has 0 saturated heterocycles. The second-order valence-electron chi connectivity index (χ2n) is 6.45. The highest BCUT2D eigenvalue weighted by Gasteiger charge is 2.17. The van der Waals surface area contributed by atoms with E-state index in [0.29, 0.717) is 0 Å². The molecule has 134 valence electrons. The van der Waals surface area contributed by atoms with E-state index in [0.717, 1.165) is 35.5 Å². The van der Waals surface area contributed by atoms with Crippen LogP contribution >= 0.6 is 11.3 Å². The van der Waals surface area contributed by atoms with Crippen LogP contribution in [0.2, 0.25) is 0 Å². The quantitative estimate of drug-likeness (QED) is 0.392. The van der Waals surface area contributed by atoms with E-state index in [9.17, 15) is 0 Å². The van der Waals surface area contributed by atoms with Crippen molar-refractivity contribution in [2.45, 2.75) is 26.7 Å². The van der Waals surface area contributed by atoms with Gasteiger partial charge in [-0.05, 0) is 42.7 Å². The first kappa shape index (κ1) is 17.6. The number of hydrogen-bond donors (Lipinski definition) is 0. The molecule has 0 amide bonds. The molecule has 0 atom stereocenters. The van der Waals surface area contributed by atoms with Crippen molar-refractivity contribution < 1.29 is 0 Å². The number of rotatable bonds is 5. The monoisotopic (exact) mass is 370 g/mol. The summed E-state index contributed by atoms with van der Waals surface area (Å²) >= 11 is 1.83. The summed E-state index contributed by atoms with van der Waals surface area (Å²) in [5.74, 6) is 0. The highest BCUT2D eigenvalue weighted by Crippen LogP contribution is 2.40. The van der Waals surface area contributed by atoms with E-state index in [1.807, 2.05) is 35.7 Å². The number of pyridine rings is 2. The molecule has 0 radical (unpaired) electrons. The Balaban J connectivity index is 1.91. The lowest BCUT2D eigenvalue weighted by Gasteiger charge is -2.11. The van der Waals surface area contributed by atoms with Gasteiger partial charge in [0, 0.05) is 22.2 Å². The summed E-state index contributed by atoms with van der Waals surface area (Å²) in [4.78, 5) is 12.3. The molecule has 3 aromatic heterocycles. The van der Waals surface area contributed by atoms with E-state index in [1.54, 1.807) is 0 Å². The molecular weight excluding hydrogens is 348 g/mol. The van der Waals surface area contributed by atoms with Crippen molar-refractivity contribution in [1.82, 2.24) is 9.97 Å². The predicted molar refractivity (Wildman–Crippen MR) is 115 cm³/mol. The first-order valence-corrected chi connectivity index (χ1v) is 10.2. The summed E-state index contributed by atoms with van der Waals surface area (Å²) in [7, 11) is 0. The number of aryl methyl sites for hydroxylation is 2. The second kappa shape index (κ2) is 7.85. The molecule has 4 rings (SSSR count). The van der Waals surface area contributed by atoms with Gasteiger partial charge in [-0.3, -0.25) is 4.98 Å². The Morgan fingerprint density at radius 3 is 2.33 bits per heavy atom. The summed E-state index contributed by atoms with van der Waals surface area (Å²) in [5.41, 5.74) is 6.73. The standard InChI is InChI=1S/C24H22N2S/c1-3-17-13-14-21(18-10-6-5-7-11-18)26-23(17)20-16-19(4-2)27-24(20)22-12-8-9-15-25-22/h5-16H,3-4H2,1-2H3. The van der Waals surface area contributed by atoms with Crippen molar-refractivity contribution in [3.8, 4) is 33.1 Å². The molecule has 0 spiro atoms. The Morgan fingerprint density at radius 2 is 1.63 bits per heavy atom. The summed E-state index contributed by atoms with van der Waals surface area (Å²) in [6.45, 7) is 4.39. The zero-order valence-corrected chi connectivity index (χ0v) is 16.5. The van der Waals surface area contributed by atoms with Crippen LogP contribution in [0.1, 0.15) is 24.3 Å². The minimum Gasteiger partial charge on any atom is -0.255 e. The average Bonchev–Trinajstić information content (AvgIpc) is 3.19. The van der Waals surface area contributed by atoms with Crippen LogP contribution < -0.4 is 0 Å². The fourth-order valence-electron chi connectivity index (χ4n) is 3.26. The minimum atomic E-state index is 0.955. The van der Waals surface area contributed by atoms with Crippen molar-refractivity contribution in [3.63, 3.8) is 0 Å². The van der Waals surface area contributed by atoms with Crippen LogP contribution in [0.25, 0.3) is 33.1 Å². The SMILES string of the molecule is CCc1cc(-c2nc(-c3ccccc3)ccc2CC)c(-c2ccccn2)s1. The van der Waals surface area contributed by atoms with E-state index >= 15 is 0 Å². The Morgan fingerprint density at radius 1 is 0.815 bits per heavy atom. The van der Waals surface area contributed by atoms with Gasteiger partial charge in [-0.2, -0.15) is 0 Å². The van der Waals surface area contributed by atoms with Gasteiger partial charge in [0.15, 0.2) is 0 Å². The van der Waals surface area contributed by atoms with Crippen LogP contribution in [0.5, 0.6) is 0 Å². The zero-order chi connectivity index (χ0) is 18.6. The molecule has 0 aliphatic rings. The van der Waals surface area contributed by atoms with Crippen LogP contribution in [0, 0.1) is 0 Å². The summed E-state index contributed by atoms with van der Waals surface area (Å²) in [5, 5.41) is 0. The first-order valence-electron chi connectivity index (χ1n) is 9.40. The molecule has 27 heavy (non-hydrogen) atoms. The molecule has 1 aromatic carbocycles. The van der Waals surface area contributed by atoms with Gasteiger partial charge in [-0.15, -0.1) is 11.3 Å². The van der Waals surface area contributed by atoms with Gasteiger partial charge in [0.1, 0.15) is 0 Å². The third kappa shape index (κ3) is 3.56. The smallest absolute Gasteiger partial charge is 0.0808 e. The molecule has 0 aliphatic carbocycles. The summed E-state index contributed by atoms with van der Waals surface area (Å²) in [6, 6.07) is 23.1. The molecule has 0 bridgehead atoms. The molecule has 0 aliphatic heterocycles. The average molecular weight is 371 g/mol. The maximum Gasteiger partial charge on any atom is 0.0808 e. The summed E-state index contributed by atoms with van der Waals surface area (Å²) in [6.07, 6.45) is 3.83. The van der Waals surface area contributed by atoms with Gasteiger partial charge >= 0.3 is 0 Å². The van der Waals surface area contributed by atoms with Crippen LogP contribution in [-0.2, 0) is 12.8 Å². The predicted octanol–water partition coefficient (Wildman–Crippen LogP) is 6.66. The lowest BCUT2D eigenvalue weighted by Crippen LogP contribution is -1.95. The maximum atomic E-state index is 5.10. The summed E-state index contributed by atoms with van der Waals surface area (Å²) < 4.78 is 0. The topological polar surface area (TPSA) is 25.8 Å². The second-order valence-corrected chi connectivity index (χ2v) is 7.58. The molecular formula is C24H22N2S. The van der Waals surface area contributed by atoms with Gasteiger partial charge in [0.25, 0.3) is 0 Å². The number of nitrogens with zero attached hydrogens (tertiary/aromatic N) is 2. The Bertz CT molecular complexity index is 1040. The third-order valence-corrected chi connectivity index (χ3v) is 6.02. The van der Waals surface area contributed by atoms with Gasteiger partial charge < -0.3 is 0 Å². The van der Waals surface area contributed by atoms with E-state index in [-0.39, 0.29) is 0 Å². The normalized spacial score (nSPS) is 10.9. The molecule has 0 N–H and O–H groups in total. The van der Waals surface area contributed by atoms with Gasteiger partial charge in [-0.1, -0.05) is 56.3 Å². The Hall–Kier alpha value is -2.78. The number of benzene rings is 1. The number of hydrogen-bond acceptors (Lipinski definition) is 3. The molecule has 4 aromatic rings. The highest BCUT2D eigenvalue weighted by molar-refractivity contribution is 7.16. The van der Waals surface area contributed by atoms with Crippen molar-refractivity contribution in [2.24, 2.45) is 0 Å². The molecule has 3 heterocycles. The zero-order valence-electron chi connectivity index (χ0n) is 15.6. The van der Waals surface area contributed by atoms with Crippen LogP contribution in [0.4, 0.5) is 0 Å². The largest absolute Gasteiger partial charge is 0.255 e. The number of thiophene rings is 1. The highest BCUT2D eigenvalue weighted by atomic mass is 32.1. The van der Waals surface area contributed by atoms with Crippen molar-refractivity contribution >= 4 is 11.3 Å². The first-order chi connectivity index (χ1) is 13.3. The van der Waals surface area contributed by atoms with Gasteiger partial charge in [0.05, 0.1) is 22.0 Å². The Kier molecular flexibility index (Phi) is 5.12. The maximum absolute atomic E-state index is 5.10. The van der Waals surface area contributed by atoms with Gasteiger partial charge in [-0.25, -0.2) is 4.98 Å². The van der Waals surface area contributed by atoms with Crippen LogP contribution in [0.3, 0.4) is 0 Å². The van der Waals surface area contributed by atoms with E-state index in [2.05, 4.69) is 67.4 Å². The van der Waals surface area contributed by atoms with Crippen molar-refractivity contribution in [2.75, 3.05) is 0 Å². The van der Waals surface area contributed by atoms with Crippen molar-refractivity contribution in [3.05, 3.63) is 83.4 Å². The molecule has 3 heteroatoms. The Labute approximate surface area is 164 Å². The fraction of sp³-hybridized carbons (Fsp3) is 0.167. The lowest BCUT2D eigenvalue weighted by molar-refractivity contribution is 1.11. The van der Waals surface area contributed by atoms with Crippen molar-refractivity contribution in [1.29, 1.82) is 0 Å².